The van der Waals surface area contributed by atoms with Crippen LogP contribution < -0.4 is 5.32 Å². The molecule has 0 saturated carbocycles. The molecule has 1 unspecified atom stereocenters. The molecule has 2 rings (SSSR count). The third kappa shape index (κ3) is 2.07. The standard InChI is InChI=1S/C12H16BrNO3/c13-8-1-2-9-10(7-8)14-11(17)12(9,3-5-15)4-6-16/h1,7,9,15-16H,2-6H2,(H,14,17). The second kappa shape index (κ2) is 4.92. The van der Waals surface area contributed by atoms with E-state index in [2.05, 4.69) is 21.2 Å². The van der Waals surface area contributed by atoms with E-state index in [1.54, 1.807) is 0 Å². The quantitative estimate of drug-likeness (QED) is 0.727. The minimum absolute atomic E-state index is 0.0396. The van der Waals surface area contributed by atoms with Gasteiger partial charge in [0, 0.05) is 29.3 Å². The van der Waals surface area contributed by atoms with Gasteiger partial charge in [0.1, 0.15) is 0 Å². The highest BCUT2D eigenvalue weighted by Gasteiger charge is 2.51. The average Bonchev–Trinajstić information content (AvgIpc) is 2.53. The molecule has 1 saturated heterocycles. The zero-order valence-electron chi connectivity index (χ0n) is 9.45. The van der Waals surface area contributed by atoms with Gasteiger partial charge in [-0.1, -0.05) is 22.0 Å². The van der Waals surface area contributed by atoms with Gasteiger partial charge < -0.3 is 15.5 Å². The molecule has 17 heavy (non-hydrogen) atoms. The fourth-order valence-electron chi connectivity index (χ4n) is 2.83. The minimum atomic E-state index is -0.653. The van der Waals surface area contributed by atoms with Crippen LogP contribution in [0.4, 0.5) is 0 Å². The Hall–Kier alpha value is -0.650. The summed E-state index contributed by atoms with van der Waals surface area (Å²) < 4.78 is 0.966. The van der Waals surface area contributed by atoms with Gasteiger partial charge in [0.25, 0.3) is 0 Å². The van der Waals surface area contributed by atoms with Crippen molar-refractivity contribution in [1.29, 1.82) is 0 Å². The van der Waals surface area contributed by atoms with Gasteiger partial charge in [-0.3, -0.25) is 4.79 Å². The molecular formula is C12H16BrNO3. The Morgan fingerprint density at radius 2 is 2.06 bits per heavy atom. The molecule has 0 spiro atoms. The summed E-state index contributed by atoms with van der Waals surface area (Å²) in [7, 11) is 0. The Kier molecular flexibility index (Phi) is 3.70. The van der Waals surface area contributed by atoms with Crippen molar-refractivity contribution in [3.63, 3.8) is 0 Å². The number of rotatable bonds is 4. The van der Waals surface area contributed by atoms with Crippen molar-refractivity contribution in [1.82, 2.24) is 5.32 Å². The number of hydrogen-bond acceptors (Lipinski definition) is 3. The third-order valence-corrected chi connectivity index (χ3v) is 4.26. The van der Waals surface area contributed by atoms with E-state index in [-0.39, 0.29) is 25.0 Å². The number of carbonyl (C=O) groups is 1. The number of allylic oxidation sites excluding steroid dienone is 4. The first-order chi connectivity index (χ1) is 8.14. The van der Waals surface area contributed by atoms with Crippen molar-refractivity contribution < 1.29 is 15.0 Å². The minimum Gasteiger partial charge on any atom is -0.396 e. The summed E-state index contributed by atoms with van der Waals surface area (Å²) in [6, 6.07) is 0. The van der Waals surface area contributed by atoms with E-state index in [4.69, 9.17) is 0 Å². The van der Waals surface area contributed by atoms with Crippen LogP contribution in [0.5, 0.6) is 0 Å². The number of nitrogens with one attached hydrogen (secondary N) is 1. The zero-order valence-corrected chi connectivity index (χ0v) is 11.0. The molecule has 0 aromatic heterocycles. The topological polar surface area (TPSA) is 69.6 Å². The summed E-state index contributed by atoms with van der Waals surface area (Å²) in [4.78, 5) is 12.1. The summed E-state index contributed by atoms with van der Waals surface area (Å²) >= 11 is 3.39. The largest absolute Gasteiger partial charge is 0.396 e. The maximum Gasteiger partial charge on any atom is 0.231 e. The number of halogens is 1. The van der Waals surface area contributed by atoms with Crippen molar-refractivity contribution in [2.24, 2.45) is 11.3 Å². The molecule has 4 nitrogen and oxygen atoms in total. The van der Waals surface area contributed by atoms with Crippen LogP contribution in [0.1, 0.15) is 19.3 Å². The van der Waals surface area contributed by atoms with Gasteiger partial charge in [-0.25, -0.2) is 0 Å². The molecule has 1 atom stereocenters. The van der Waals surface area contributed by atoms with Gasteiger partial charge >= 0.3 is 0 Å². The Bertz CT molecular complexity index is 383. The van der Waals surface area contributed by atoms with Crippen molar-refractivity contribution in [3.8, 4) is 0 Å². The smallest absolute Gasteiger partial charge is 0.231 e. The van der Waals surface area contributed by atoms with Crippen LogP contribution >= 0.6 is 15.9 Å². The molecule has 1 aliphatic carbocycles. The highest BCUT2D eigenvalue weighted by atomic mass is 79.9. The lowest BCUT2D eigenvalue weighted by atomic mass is 9.69. The highest BCUT2D eigenvalue weighted by Crippen LogP contribution is 2.48. The van der Waals surface area contributed by atoms with Gasteiger partial charge in [0.2, 0.25) is 5.91 Å². The maximum atomic E-state index is 12.1. The molecule has 1 aliphatic heterocycles. The van der Waals surface area contributed by atoms with Gasteiger partial charge in [-0.15, -0.1) is 0 Å². The number of amides is 1. The summed E-state index contributed by atoms with van der Waals surface area (Å²) in [6.07, 6.45) is 5.48. The predicted octanol–water partition coefficient (Wildman–Crippen LogP) is 1.05. The van der Waals surface area contributed by atoms with Crippen LogP contribution in [0.3, 0.4) is 0 Å². The number of aliphatic hydroxyl groups excluding tert-OH is 2. The lowest BCUT2D eigenvalue weighted by Gasteiger charge is -2.32. The van der Waals surface area contributed by atoms with Crippen LogP contribution in [0, 0.1) is 11.3 Å². The van der Waals surface area contributed by atoms with Crippen molar-refractivity contribution >= 4 is 21.8 Å². The van der Waals surface area contributed by atoms with E-state index in [0.29, 0.717) is 12.8 Å². The van der Waals surface area contributed by atoms with E-state index in [9.17, 15) is 15.0 Å². The normalized spacial score (nSPS) is 26.1. The predicted molar refractivity (Wildman–Crippen MR) is 67.2 cm³/mol. The van der Waals surface area contributed by atoms with Crippen LogP contribution in [-0.4, -0.2) is 29.3 Å². The van der Waals surface area contributed by atoms with E-state index >= 15 is 0 Å². The molecule has 1 amide bonds. The Morgan fingerprint density at radius 3 is 2.65 bits per heavy atom. The van der Waals surface area contributed by atoms with Gasteiger partial charge in [0.05, 0.1) is 5.41 Å². The van der Waals surface area contributed by atoms with Crippen LogP contribution in [0.15, 0.2) is 22.3 Å². The van der Waals surface area contributed by atoms with E-state index < -0.39 is 5.41 Å². The Labute approximate surface area is 109 Å². The second-order valence-electron chi connectivity index (χ2n) is 4.53. The van der Waals surface area contributed by atoms with Gasteiger partial charge in [-0.05, 0) is 25.3 Å². The summed E-state index contributed by atoms with van der Waals surface area (Å²) in [5.74, 6) is -0.0250. The highest BCUT2D eigenvalue weighted by molar-refractivity contribution is 9.11. The van der Waals surface area contributed by atoms with Crippen molar-refractivity contribution in [3.05, 3.63) is 22.3 Å². The molecule has 1 fully saturated rings. The van der Waals surface area contributed by atoms with Gasteiger partial charge in [-0.2, -0.15) is 0 Å². The SMILES string of the molecule is O=C1NC2=CC(Br)=CCC2C1(CCO)CCO. The molecule has 94 valence electrons. The fourth-order valence-corrected chi connectivity index (χ4v) is 3.26. The first-order valence-electron chi connectivity index (χ1n) is 5.74. The molecule has 3 N–H and O–H groups in total. The van der Waals surface area contributed by atoms with Gasteiger partial charge in [0.15, 0.2) is 0 Å². The lowest BCUT2D eigenvalue weighted by Crippen LogP contribution is -2.37. The number of fused-ring (bicyclic) bond motifs is 1. The molecule has 1 heterocycles. The zero-order chi connectivity index (χ0) is 12.5. The third-order valence-electron chi connectivity index (χ3n) is 3.71. The molecule has 0 aromatic carbocycles. The number of hydrogen-bond donors (Lipinski definition) is 3. The fraction of sp³-hybridized carbons (Fsp3) is 0.583. The average molecular weight is 302 g/mol. The monoisotopic (exact) mass is 301 g/mol. The summed E-state index contributed by atoms with van der Waals surface area (Å²) in [6.45, 7) is -0.0792. The first-order valence-corrected chi connectivity index (χ1v) is 6.54. The lowest BCUT2D eigenvalue weighted by molar-refractivity contribution is -0.131. The summed E-state index contributed by atoms with van der Waals surface area (Å²) in [5.41, 5.74) is 0.241. The molecular weight excluding hydrogens is 286 g/mol. The summed E-state index contributed by atoms with van der Waals surface area (Å²) in [5, 5.41) is 21.2. The van der Waals surface area contributed by atoms with Crippen molar-refractivity contribution in [2.75, 3.05) is 13.2 Å². The molecule has 0 aromatic rings. The maximum absolute atomic E-state index is 12.1. The van der Waals surface area contributed by atoms with Crippen LogP contribution in [0.25, 0.3) is 0 Å². The molecule has 0 radical (unpaired) electrons. The molecule has 5 heteroatoms. The van der Waals surface area contributed by atoms with E-state index in [1.165, 1.54) is 0 Å². The van der Waals surface area contributed by atoms with Crippen LogP contribution in [-0.2, 0) is 4.79 Å². The van der Waals surface area contributed by atoms with E-state index in [0.717, 1.165) is 16.6 Å². The Balaban J connectivity index is 2.33. The van der Waals surface area contributed by atoms with E-state index in [1.807, 2.05) is 12.2 Å². The number of aliphatic hydroxyl groups is 2. The number of carbonyl (C=O) groups excluding carboxylic acids is 1. The molecule has 2 aliphatic rings. The molecule has 0 bridgehead atoms. The van der Waals surface area contributed by atoms with Crippen molar-refractivity contribution in [2.45, 2.75) is 19.3 Å². The first kappa shape index (κ1) is 12.8. The van der Waals surface area contributed by atoms with Crippen LogP contribution in [0.2, 0.25) is 0 Å². The second-order valence-corrected chi connectivity index (χ2v) is 5.45. The Morgan fingerprint density at radius 1 is 1.41 bits per heavy atom.